The number of esters is 1. The summed E-state index contributed by atoms with van der Waals surface area (Å²) >= 11 is 0. The van der Waals surface area contributed by atoms with Crippen LogP contribution in [0.2, 0.25) is 0 Å². The van der Waals surface area contributed by atoms with Gasteiger partial charge in [0.15, 0.2) is 0 Å². The Balaban J connectivity index is 3.04. The number of carbonyl (C=O) groups excluding carboxylic acids is 1. The largest absolute Gasteiger partial charge is 0.468 e. The Kier molecular flexibility index (Phi) is 4.74. The molecule has 1 rings (SSSR count). The van der Waals surface area contributed by atoms with E-state index in [1.165, 1.54) is 7.11 Å². The van der Waals surface area contributed by atoms with Gasteiger partial charge in [-0.25, -0.2) is 4.79 Å². The number of aryl methyl sites for hydroxylation is 2. The van der Waals surface area contributed by atoms with Crippen molar-refractivity contribution in [2.24, 2.45) is 0 Å². The van der Waals surface area contributed by atoms with Crippen LogP contribution in [0.3, 0.4) is 0 Å². The van der Waals surface area contributed by atoms with Crippen LogP contribution < -0.4 is 5.32 Å². The average molecular weight is 231 g/mol. The summed E-state index contributed by atoms with van der Waals surface area (Å²) in [5.74, 6) is 2.13. The Morgan fingerprint density at radius 1 is 1.53 bits per heavy atom. The van der Waals surface area contributed by atoms with Gasteiger partial charge in [0.25, 0.3) is 0 Å². The van der Waals surface area contributed by atoms with Crippen LogP contribution in [0.25, 0.3) is 0 Å². The van der Waals surface area contributed by atoms with E-state index in [1.54, 1.807) is 0 Å². The van der Waals surface area contributed by atoms with Gasteiger partial charge in [0.2, 0.25) is 0 Å². The van der Waals surface area contributed by atoms with Gasteiger partial charge in [0.05, 0.1) is 13.7 Å². The Hall–Kier alpha value is -1.79. The molecule has 1 aromatic carbocycles. The van der Waals surface area contributed by atoms with Crippen molar-refractivity contribution in [3.63, 3.8) is 0 Å². The van der Waals surface area contributed by atoms with E-state index in [1.807, 2.05) is 32.0 Å². The van der Waals surface area contributed by atoms with Gasteiger partial charge in [0.1, 0.15) is 6.04 Å². The van der Waals surface area contributed by atoms with Crippen molar-refractivity contribution < 1.29 is 9.53 Å². The third-order valence-electron chi connectivity index (χ3n) is 2.58. The lowest BCUT2D eigenvalue weighted by molar-refractivity contribution is -0.143. The van der Waals surface area contributed by atoms with Crippen molar-refractivity contribution in [3.05, 3.63) is 34.9 Å². The second-order valence-corrected chi connectivity index (χ2v) is 3.90. The molecule has 0 fully saturated rings. The molecule has 0 radical (unpaired) electrons. The molecular formula is C14H17NO2. The highest BCUT2D eigenvalue weighted by atomic mass is 16.5. The first-order chi connectivity index (χ1) is 8.10. The van der Waals surface area contributed by atoms with Gasteiger partial charge in [-0.2, -0.15) is 0 Å². The van der Waals surface area contributed by atoms with Crippen LogP contribution in [0, 0.1) is 26.2 Å². The molecule has 1 unspecified atom stereocenters. The summed E-state index contributed by atoms with van der Waals surface area (Å²) in [6.45, 7) is 4.31. The quantitative estimate of drug-likeness (QED) is 0.633. The number of terminal acetylenes is 1. The second kappa shape index (κ2) is 6.07. The first-order valence-electron chi connectivity index (χ1n) is 5.42. The topological polar surface area (TPSA) is 38.3 Å². The molecule has 0 bridgehead atoms. The number of rotatable bonds is 4. The zero-order valence-electron chi connectivity index (χ0n) is 10.4. The normalized spacial score (nSPS) is 11.6. The van der Waals surface area contributed by atoms with E-state index in [0.29, 0.717) is 6.54 Å². The number of benzene rings is 1. The fraction of sp³-hybridized carbons (Fsp3) is 0.357. The molecule has 0 saturated carbocycles. The third kappa shape index (κ3) is 3.33. The molecule has 0 heterocycles. The standard InChI is InChI=1S/C14H17NO2/c1-5-8-15-13(14(16)17-4)12-7-6-10(2)9-11(12)3/h1,6-7,9,13,15H,8H2,2-4H3. The number of hydrogen-bond acceptors (Lipinski definition) is 3. The van der Waals surface area contributed by atoms with Crippen molar-refractivity contribution in [2.45, 2.75) is 19.9 Å². The summed E-state index contributed by atoms with van der Waals surface area (Å²) in [6, 6.07) is 5.42. The molecule has 3 heteroatoms. The first-order valence-corrected chi connectivity index (χ1v) is 5.42. The molecule has 0 saturated heterocycles. The number of carbonyl (C=O) groups is 1. The van der Waals surface area contributed by atoms with Crippen LogP contribution in [0.4, 0.5) is 0 Å². The van der Waals surface area contributed by atoms with Gasteiger partial charge < -0.3 is 4.74 Å². The van der Waals surface area contributed by atoms with E-state index in [4.69, 9.17) is 11.2 Å². The van der Waals surface area contributed by atoms with Crippen LogP contribution in [-0.4, -0.2) is 19.6 Å². The van der Waals surface area contributed by atoms with Gasteiger partial charge in [-0.1, -0.05) is 29.7 Å². The molecule has 0 aromatic heterocycles. The average Bonchev–Trinajstić information content (AvgIpc) is 2.31. The molecule has 90 valence electrons. The minimum atomic E-state index is -0.503. The summed E-state index contributed by atoms with van der Waals surface area (Å²) in [5, 5.41) is 2.99. The van der Waals surface area contributed by atoms with E-state index in [2.05, 4.69) is 11.2 Å². The zero-order chi connectivity index (χ0) is 12.8. The van der Waals surface area contributed by atoms with Crippen molar-refractivity contribution in [2.75, 3.05) is 13.7 Å². The van der Waals surface area contributed by atoms with Gasteiger partial charge >= 0.3 is 5.97 Å². The lowest BCUT2D eigenvalue weighted by Crippen LogP contribution is -2.30. The van der Waals surface area contributed by atoms with E-state index < -0.39 is 6.04 Å². The Morgan fingerprint density at radius 2 is 2.24 bits per heavy atom. The Morgan fingerprint density at radius 3 is 2.76 bits per heavy atom. The molecule has 17 heavy (non-hydrogen) atoms. The van der Waals surface area contributed by atoms with Crippen molar-refractivity contribution in [1.29, 1.82) is 0 Å². The molecule has 0 aliphatic heterocycles. The summed E-state index contributed by atoms with van der Waals surface area (Å²) in [6.07, 6.45) is 5.19. The lowest BCUT2D eigenvalue weighted by Gasteiger charge is -2.17. The molecule has 1 atom stereocenters. The fourth-order valence-corrected chi connectivity index (χ4v) is 1.75. The van der Waals surface area contributed by atoms with Crippen LogP contribution in [0.1, 0.15) is 22.7 Å². The molecule has 0 aliphatic rings. The van der Waals surface area contributed by atoms with Crippen molar-refractivity contribution >= 4 is 5.97 Å². The van der Waals surface area contributed by atoms with Crippen molar-refractivity contribution in [1.82, 2.24) is 5.32 Å². The molecular weight excluding hydrogens is 214 g/mol. The van der Waals surface area contributed by atoms with E-state index in [9.17, 15) is 4.79 Å². The number of nitrogens with one attached hydrogen (secondary N) is 1. The maximum atomic E-state index is 11.7. The van der Waals surface area contributed by atoms with E-state index in [-0.39, 0.29) is 5.97 Å². The SMILES string of the molecule is C#CCNC(C(=O)OC)c1ccc(C)cc1C. The van der Waals surface area contributed by atoms with Crippen LogP contribution in [0.15, 0.2) is 18.2 Å². The summed E-state index contributed by atoms with van der Waals surface area (Å²) in [7, 11) is 1.37. The molecule has 0 amide bonds. The van der Waals surface area contributed by atoms with Gasteiger partial charge in [0, 0.05) is 0 Å². The monoisotopic (exact) mass is 231 g/mol. The predicted octanol–water partition coefficient (Wildman–Crippen LogP) is 1.74. The predicted molar refractivity (Wildman–Crippen MR) is 67.5 cm³/mol. The summed E-state index contributed by atoms with van der Waals surface area (Å²) in [4.78, 5) is 11.7. The zero-order valence-corrected chi connectivity index (χ0v) is 10.4. The number of ether oxygens (including phenoxy) is 1. The van der Waals surface area contributed by atoms with Crippen molar-refractivity contribution in [3.8, 4) is 12.3 Å². The smallest absolute Gasteiger partial charge is 0.327 e. The highest BCUT2D eigenvalue weighted by Crippen LogP contribution is 2.20. The number of hydrogen-bond donors (Lipinski definition) is 1. The second-order valence-electron chi connectivity index (χ2n) is 3.90. The lowest BCUT2D eigenvalue weighted by atomic mass is 9.99. The molecule has 1 aromatic rings. The third-order valence-corrected chi connectivity index (χ3v) is 2.58. The van der Waals surface area contributed by atoms with Gasteiger partial charge in [-0.3, -0.25) is 5.32 Å². The van der Waals surface area contributed by atoms with E-state index in [0.717, 1.165) is 16.7 Å². The molecule has 0 spiro atoms. The highest BCUT2D eigenvalue weighted by Gasteiger charge is 2.21. The van der Waals surface area contributed by atoms with Gasteiger partial charge in [-0.15, -0.1) is 6.42 Å². The Bertz CT molecular complexity index is 446. The minimum absolute atomic E-state index is 0.326. The van der Waals surface area contributed by atoms with E-state index >= 15 is 0 Å². The van der Waals surface area contributed by atoms with Crippen LogP contribution in [0.5, 0.6) is 0 Å². The number of methoxy groups -OCH3 is 1. The first kappa shape index (κ1) is 13.3. The summed E-state index contributed by atoms with van der Waals surface area (Å²) in [5.41, 5.74) is 3.11. The highest BCUT2D eigenvalue weighted by molar-refractivity contribution is 5.78. The maximum absolute atomic E-state index is 11.7. The van der Waals surface area contributed by atoms with Crippen LogP contribution in [-0.2, 0) is 9.53 Å². The molecule has 3 nitrogen and oxygen atoms in total. The minimum Gasteiger partial charge on any atom is -0.468 e. The Labute approximate surface area is 102 Å². The maximum Gasteiger partial charge on any atom is 0.327 e. The molecule has 1 N–H and O–H groups in total. The fourth-order valence-electron chi connectivity index (χ4n) is 1.75. The van der Waals surface area contributed by atoms with Gasteiger partial charge in [-0.05, 0) is 25.0 Å². The molecule has 0 aliphatic carbocycles. The summed E-state index contributed by atoms with van der Waals surface area (Å²) < 4.78 is 4.78. The van der Waals surface area contributed by atoms with Crippen LogP contribution >= 0.6 is 0 Å².